The number of thioether (sulfide) groups is 1. The van der Waals surface area contributed by atoms with Gasteiger partial charge in [0.25, 0.3) is 11.8 Å². The summed E-state index contributed by atoms with van der Waals surface area (Å²) in [5.41, 5.74) is 3.71. The Balaban J connectivity index is 1.13. The van der Waals surface area contributed by atoms with Gasteiger partial charge in [-0.2, -0.15) is 0 Å². The van der Waals surface area contributed by atoms with Gasteiger partial charge in [-0.15, -0.1) is 23.1 Å². The summed E-state index contributed by atoms with van der Waals surface area (Å²) < 4.78 is 0. The maximum atomic E-state index is 13.6. The number of amides is 3. The van der Waals surface area contributed by atoms with Crippen LogP contribution in [0.25, 0.3) is 28.1 Å². The summed E-state index contributed by atoms with van der Waals surface area (Å²) in [4.78, 5) is 45.0. The summed E-state index contributed by atoms with van der Waals surface area (Å²) >= 11 is 2.79. The van der Waals surface area contributed by atoms with E-state index in [1.54, 1.807) is 42.5 Å². The van der Waals surface area contributed by atoms with E-state index < -0.39 is 5.91 Å². The number of hydrogen-bond acceptors (Lipinski definition) is 6. The van der Waals surface area contributed by atoms with Crippen molar-refractivity contribution in [3.05, 3.63) is 150 Å². The maximum Gasteiger partial charge on any atom is 0.272 e. The topological polar surface area (TPSA) is 100 Å². The average molecular weight is 655 g/mol. The van der Waals surface area contributed by atoms with E-state index in [-0.39, 0.29) is 22.8 Å². The van der Waals surface area contributed by atoms with Gasteiger partial charge in [0.2, 0.25) is 5.91 Å². The minimum Gasteiger partial charge on any atom is -0.321 e. The molecule has 0 bridgehead atoms. The van der Waals surface area contributed by atoms with Crippen molar-refractivity contribution in [1.29, 1.82) is 0 Å². The summed E-state index contributed by atoms with van der Waals surface area (Å²) in [6, 6.07) is 39.5. The summed E-state index contributed by atoms with van der Waals surface area (Å²) in [6.45, 7) is 1.83. The van der Waals surface area contributed by atoms with Gasteiger partial charge in [0, 0.05) is 27.1 Å². The van der Waals surface area contributed by atoms with Crippen LogP contribution >= 0.6 is 23.1 Å². The van der Waals surface area contributed by atoms with Gasteiger partial charge in [-0.1, -0.05) is 91.0 Å². The quantitative estimate of drug-likeness (QED) is 0.102. The molecule has 5 aromatic carbocycles. The highest BCUT2D eigenvalue weighted by Crippen LogP contribution is 2.28. The monoisotopic (exact) mass is 654 g/mol. The number of carbonyl (C=O) groups excluding carboxylic acids is 3. The first-order valence-electron chi connectivity index (χ1n) is 14.9. The molecule has 232 valence electrons. The highest BCUT2D eigenvalue weighted by molar-refractivity contribution is 8.00. The molecular weight excluding hydrogens is 625 g/mol. The van der Waals surface area contributed by atoms with Crippen LogP contribution in [-0.4, -0.2) is 28.0 Å². The third-order valence-corrected chi connectivity index (χ3v) is 9.12. The highest BCUT2D eigenvalue weighted by atomic mass is 32.2. The van der Waals surface area contributed by atoms with Crippen LogP contribution in [0.1, 0.15) is 22.8 Å². The van der Waals surface area contributed by atoms with E-state index in [4.69, 9.17) is 0 Å². The summed E-state index contributed by atoms with van der Waals surface area (Å²) in [5.74, 6) is -1.01. The molecule has 0 aliphatic rings. The first kappa shape index (κ1) is 31.5. The Morgan fingerprint density at radius 2 is 1.45 bits per heavy atom. The van der Waals surface area contributed by atoms with Gasteiger partial charge in [0.15, 0.2) is 5.13 Å². The molecule has 0 aliphatic heterocycles. The van der Waals surface area contributed by atoms with Crippen LogP contribution in [0.2, 0.25) is 0 Å². The molecule has 0 radical (unpaired) electrons. The van der Waals surface area contributed by atoms with Crippen LogP contribution in [0.5, 0.6) is 0 Å². The van der Waals surface area contributed by atoms with E-state index in [0.717, 1.165) is 32.5 Å². The molecular formula is C38H30N4O3S2. The molecule has 3 amide bonds. The fourth-order valence-electron chi connectivity index (χ4n) is 4.83. The fourth-order valence-corrected chi connectivity index (χ4v) is 6.42. The third-order valence-electron chi connectivity index (χ3n) is 7.25. The van der Waals surface area contributed by atoms with Crippen molar-refractivity contribution in [1.82, 2.24) is 10.3 Å². The lowest BCUT2D eigenvalue weighted by atomic mass is 10.0. The van der Waals surface area contributed by atoms with Crippen molar-refractivity contribution in [2.75, 3.05) is 10.6 Å². The number of carbonyl (C=O) groups is 3. The third kappa shape index (κ3) is 8.02. The molecule has 0 aliphatic carbocycles. The second-order valence-corrected chi connectivity index (χ2v) is 12.9. The molecule has 3 N–H and O–H groups in total. The van der Waals surface area contributed by atoms with Gasteiger partial charge in [-0.05, 0) is 65.7 Å². The average Bonchev–Trinajstić information content (AvgIpc) is 3.58. The van der Waals surface area contributed by atoms with E-state index >= 15 is 0 Å². The second kappa shape index (κ2) is 14.7. The van der Waals surface area contributed by atoms with Crippen LogP contribution in [0.4, 0.5) is 10.8 Å². The Kier molecular flexibility index (Phi) is 9.86. The Morgan fingerprint density at radius 3 is 2.21 bits per heavy atom. The standard InChI is InChI=1S/C38H30N4O3S2/c1-25(35(43)42-38-41-34(24-46-38)27-12-4-2-5-13-27)47-31-21-19-30(20-22-31)39-37(45)33(40-36(44)28-14-6-3-7-15-28)23-29-17-10-16-26-11-8-9-18-32(26)29/h2-25H,1H3,(H,39,45)(H,40,44)(H,41,42,43)/b33-23-. The Labute approximate surface area is 280 Å². The molecule has 1 aromatic heterocycles. The fraction of sp³-hybridized carbons (Fsp3) is 0.0526. The van der Waals surface area contributed by atoms with Gasteiger partial charge >= 0.3 is 0 Å². The van der Waals surface area contributed by atoms with Crippen LogP contribution in [0.15, 0.2) is 143 Å². The molecule has 1 atom stereocenters. The predicted molar refractivity (Wildman–Crippen MR) is 192 cm³/mol. The zero-order chi connectivity index (χ0) is 32.6. The van der Waals surface area contributed by atoms with E-state index in [0.29, 0.717) is 16.4 Å². The minimum absolute atomic E-state index is 0.108. The Bertz CT molecular complexity index is 2050. The lowest BCUT2D eigenvalue weighted by molar-refractivity contribution is -0.115. The van der Waals surface area contributed by atoms with E-state index in [2.05, 4.69) is 20.9 Å². The zero-order valence-corrected chi connectivity index (χ0v) is 27.0. The van der Waals surface area contributed by atoms with E-state index in [9.17, 15) is 14.4 Å². The molecule has 1 heterocycles. The molecule has 0 saturated carbocycles. The molecule has 6 rings (SSSR count). The van der Waals surface area contributed by atoms with Crippen LogP contribution in [0, 0.1) is 0 Å². The second-order valence-electron chi connectivity index (χ2n) is 10.6. The Hall–Kier alpha value is -5.51. The number of nitrogens with zero attached hydrogens (tertiary/aromatic N) is 1. The first-order valence-corrected chi connectivity index (χ1v) is 16.6. The number of rotatable bonds is 10. The normalized spacial score (nSPS) is 11.9. The number of thiazole rings is 1. The lowest BCUT2D eigenvalue weighted by Crippen LogP contribution is -2.30. The molecule has 0 fully saturated rings. The van der Waals surface area contributed by atoms with Crippen LogP contribution in [0.3, 0.4) is 0 Å². The number of hydrogen-bond donors (Lipinski definition) is 3. The van der Waals surface area contributed by atoms with Crippen LogP contribution in [-0.2, 0) is 9.59 Å². The summed E-state index contributed by atoms with van der Waals surface area (Å²) in [7, 11) is 0. The van der Waals surface area contributed by atoms with Gasteiger partial charge in [0.05, 0.1) is 10.9 Å². The smallest absolute Gasteiger partial charge is 0.272 e. The Morgan fingerprint density at radius 1 is 0.766 bits per heavy atom. The summed E-state index contributed by atoms with van der Waals surface area (Å²) in [6.07, 6.45) is 1.69. The predicted octanol–water partition coefficient (Wildman–Crippen LogP) is 8.49. The maximum absolute atomic E-state index is 13.6. The van der Waals surface area contributed by atoms with Crippen molar-refractivity contribution in [2.45, 2.75) is 17.1 Å². The molecule has 7 nitrogen and oxygen atoms in total. The van der Waals surface area contributed by atoms with Crippen molar-refractivity contribution < 1.29 is 14.4 Å². The van der Waals surface area contributed by atoms with Gasteiger partial charge in [-0.25, -0.2) is 4.98 Å². The number of fused-ring (bicyclic) bond motifs is 1. The summed E-state index contributed by atoms with van der Waals surface area (Å²) in [5, 5.41) is 12.7. The van der Waals surface area contributed by atoms with Gasteiger partial charge in [-0.3, -0.25) is 14.4 Å². The van der Waals surface area contributed by atoms with Crippen molar-refractivity contribution >= 4 is 68.5 Å². The van der Waals surface area contributed by atoms with Crippen LogP contribution < -0.4 is 16.0 Å². The number of nitrogens with one attached hydrogen (secondary N) is 3. The largest absolute Gasteiger partial charge is 0.321 e. The zero-order valence-electron chi connectivity index (χ0n) is 25.3. The molecule has 9 heteroatoms. The molecule has 0 spiro atoms. The number of benzene rings is 5. The molecule has 0 saturated heterocycles. The molecule has 6 aromatic rings. The molecule has 47 heavy (non-hydrogen) atoms. The number of anilines is 2. The van der Waals surface area contributed by atoms with Crippen molar-refractivity contribution in [3.8, 4) is 11.3 Å². The highest BCUT2D eigenvalue weighted by Gasteiger charge is 2.18. The molecule has 1 unspecified atom stereocenters. The minimum atomic E-state index is -0.464. The van der Waals surface area contributed by atoms with Crippen molar-refractivity contribution in [2.24, 2.45) is 0 Å². The van der Waals surface area contributed by atoms with Gasteiger partial charge in [0.1, 0.15) is 5.70 Å². The number of aromatic nitrogens is 1. The first-order chi connectivity index (χ1) is 22.9. The van der Waals surface area contributed by atoms with Crippen molar-refractivity contribution in [3.63, 3.8) is 0 Å². The van der Waals surface area contributed by atoms with Gasteiger partial charge < -0.3 is 16.0 Å². The van der Waals surface area contributed by atoms with E-state index in [1.807, 2.05) is 103 Å². The lowest BCUT2D eigenvalue weighted by Gasteiger charge is -2.13. The SMILES string of the molecule is CC(Sc1ccc(NC(=O)/C(=C/c2cccc3ccccc23)NC(=O)c2ccccc2)cc1)C(=O)Nc1nc(-c2ccccc2)cs1. The van der Waals surface area contributed by atoms with E-state index in [1.165, 1.54) is 23.1 Å².